The van der Waals surface area contributed by atoms with Crippen LogP contribution in [0.3, 0.4) is 0 Å². The van der Waals surface area contributed by atoms with E-state index in [9.17, 15) is 19.8 Å². The highest BCUT2D eigenvalue weighted by Gasteiger charge is 2.32. The van der Waals surface area contributed by atoms with Crippen molar-refractivity contribution in [3.05, 3.63) is 116 Å². The largest absolute Gasteiger partial charge is 0.507 e. The monoisotopic (exact) mass is 502 g/mol. The van der Waals surface area contributed by atoms with Crippen molar-refractivity contribution in [3.63, 3.8) is 0 Å². The normalized spacial score (nSPS) is 10.0. The molecule has 0 aliphatic heterocycles. The van der Waals surface area contributed by atoms with Crippen LogP contribution in [0.5, 0.6) is 11.5 Å². The Bertz CT molecular complexity index is 1450. The summed E-state index contributed by atoms with van der Waals surface area (Å²) in [4.78, 5) is 26.0. The molecule has 3 aromatic carbocycles. The summed E-state index contributed by atoms with van der Waals surface area (Å²) < 4.78 is 10.9. The molecule has 0 bridgehead atoms. The predicted octanol–water partition coefficient (Wildman–Crippen LogP) is 7.57. The summed E-state index contributed by atoms with van der Waals surface area (Å²) in [5.41, 5.74) is -0.969. The van der Waals surface area contributed by atoms with E-state index in [0.717, 1.165) is 0 Å². The highest BCUT2D eigenvalue weighted by atomic mass is 16.4. The molecule has 5 rings (SSSR count). The molecule has 0 amide bonds. The van der Waals surface area contributed by atoms with Crippen LogP contribution in [0.25, 0.3) is 21.9 Å². The zero-order valence-electron chi connectivity index (χ0n) is 22.1. The molecule has 2 N–H and O–H groups in total. The van der Waals surface area contributed by atoms with Crippen molar-refractivity contribution in [2.24, 2.45) is 0 Å². The molecular weight excluding hydrogens is 468 g/mol. The molecule has 0 aliphatic carbocycles. The summed E-state index contributed by atoms with van der Waals surface area (Å²) in [6, 6.07) is 21.8. The lowest BCUT2D eigenvalue weighted by molar-refractivity contribution is 0.441. The topological polar surface area (TPSA) is 101 Å². The fraction of sp³-hybridized carbons (Fsp3) is 0.226. The Hall–Kier alpha value is -4.32. The maximum absolute atomic E-state index is 13.0. The molecular formula is C31H34O6. The highest BCUT2D eigenvalue weighted by molar-refractivity contribution is 5.86. The Kier molecular flexibility index (Phi) is 10.7. The molecule has 0 atom stereocenters. The molecule has 0 saturated heterocycles. The second kappa shape index (κ2) is 13.7. The van der Waals surface area contributed by atoms with Gasteiger partial charge < -0.3 is 19.0 Å². The van der Waals surface area contributed by atoms with Gasteiger partial charge in [-0.1, -0.05) is 96.1 Å². The summed E-state index contributed by atoms with van der Waals surface area (Å²) in [6.45, 7) is 12.0. The SMILES string of the molecule is CC.CC.CC.O=c1oc2ccccc2c(O)c1C(c1ccccc1)c1c(O)c2ccccc2oc1=O. The third kappa shape index (κ3) is 5.75. The molecule has 0 unspecified atom stereocenters. The molecule has 0 spiro atoms. The van der Waals surface area contributed by atoms with Gasteiger partial charge in [-0.2, -0.15) is 0 Å². The Labute approximate surface area is 216 Å². The molecule has 0 saturated carbocycles. The van der Waals surface area contributed by atoms with Gasteiger partial charge in [-0.15, -0.1) is 0 Å². The standard InChI is InChI=1S/C25H16O6.3C2H6/c26-22-15-10-4-6-12-17(15)30-24(28)20(22)19(14-8-2-1-3-9-14)21-23(27)16-11-5-7-13-18(16)31-25(21)29;3*1-2/h1-13,19,26-27H;3*1-2H3. The summed E-state index contributed by atoms with van der Waals surface area (Å²) in [6.07, 6.45) is 0. The van der Waals surface area contributed by atoms with E-state index in [-0.39, 0.29) is 33.8 Å². The number of hydrogen-bond acceptors (Lipinski definition) is 6. The second-order valence-corrected chi connectivity index (χ2v) is 7.14. The lowest BCUT2D eigenvalue weighted by Crippen LogP contribution is -2.21. The van der Waals surface area contributed by atoms with Crippen molar-refractivity contribution in [2.75, 3.05) is 0 Å². The van der Waals surface area contributed by atoms with Gasteiger partial charge in [0.2, 0.25) is 0 Å². The van der Waals surface area contributed by atoms with Crippen LogP contribution in [0.1, 0.15) is 64.2 Å². The van der Waals surface area contributed by atoms with Gasteiger partial charge in [0.1, 0.15) is 22.7 Å². The van der Waals surface area contributed by atoms with Gasteiger partial charge in [-0.3, -0.25) is 0 Å². The molecule has 6 heteroatoms. The molecule has 0 fully saturated rings. The van der Waals surface area contributed by atoms with Crippen LogP contribution < -0.4 is 11.3 Å². The van der Waals surface area contributed by atoms with Gasteiger partial charge in [-0.25, -0.2) is 9.59 Å². The minimum atomic E-state index is -1.11. The van der Waals surface area contributed by atoms with Crippen molar-refractivity contribution >= 4 is 21.9 Å². The van der Waals surface area contributed by atoms with Gasteiger partial charge in [0.05, 0.1) is 27.8 Å². The summed E-state index contributed by atoms with van der Waals surface area (Å²) in [5.74, 6) is -1.73. The summed E-state index contributed by atoms with van der Waals surface area (Å²) >= 11 is 0. The number of fused-ring (bicyclic) bond motifs is 2. The molecule has 0 radical (unpaired) electrons. The minimum Gasteiger partial charge on any atom is -0.507 e. The Morgan fingerprint density at radius 1 is 0.541 bits per heavy atom. The summed E-state index contributed by atoms with van der Waals surface area (Å²) in [7, 11) is 0. The van der Waals surface area contributed by atoms with Crippen molar-refractivity contribution in [2.45, 2.75) is 47.5 Å². The van der Waals surface area contributed by atoms with Crippen molar-refractivity contribution in [1.29, 1.82) is 0 Å². The van der Waals surface area contributed by atoms with Crippen LogP contribution in [0, 0.1) is 0 Å². The maximum Gasteiger partial charge on any atom is 0.344 e. The first-order valence-electron chi connectivity index (χ1n) is 12.6. The number of hydrogen-bond donors (Lipinski definition) is 2. The first-order chi connectivity index (χ1) is 18.1. The fourth-order valence-corrected chi connectivity index (χ4v) is 3.93. The molecule has 2 heterocycles. The van der Waals surface area contributed by atoms with Crippen molar-refractivity contribution < 1.29 is 19.0 Å². The number of rotatable bonds is 3. The summed E-state index contributed by atoms with van der Waals surface area (Å²) in [5, 5.41) is 22.7. The first-order valence-corrected chi connectivity index (χ1v) is 12.6. The Balaban J connectivity index is 0.000000750. The third-order valence-electron chi connectivity index (χ3n) is 5.35. The predicted molar refractivity (Wildman–Crippen MR) is 150 cm³/mol. The molecule has 0 aliphatic rings. The van der Waals surface area contributed by atoms with Crippen LogP contribution >= 0.6 is 0 Å². The van der Waals surface area contributed by atoms with Crippen LogP contribution in [-0.4, -0.2) is 10.2 Å². The van der Waals surface area contributed by atoms with E-state index in [2.05, 4.69) is 0 Å². The molecule has 5 aromatic rings. The highest BCUT2D eigenvalue weighted by Crippen LogP contribution is 2.41. The van der Waals surface area contributed by atoms with Gasteiger partial charge in [-0.05, 0) is 29.8 Å². The van der Waals surface area contributed by atoms with E-state index in [1.807, 2.05) is 41.5 Å². The smallest absolute Gasteiger partial charge is 0.344 e. The first kappa shape index (κ1) is 28.9. The van der Waals surface area contributed by atoms with E-state index in [0.29, 0.717) is 16.3 Å². The molecule has 6 nitrogen and oxygen atoms in total. The van der Waals surface area contributed by atoms with Crippen LogP contribution in [0.2, 0.25) is 0 Å². The zero-order chi connectivity index (χ0) is 27.5. The van der Waals surface area contributed by atoms with E-state index in [1.165, 1.54) is 0 Å². The van der Waals surface area contributed by atoms with Gasteiger partial charge in [0, 0.05) is 0 Å². The third-order valence-corrected chi connectivity index (χ3v) is 5.35. The van der Waals surface area contributed by atoms with Gasteiger partial charge in [0.15, 0.2) is 0 Å². The Morgan fingerprint density at radius 3 is 1.30 bits per heavy atom. The van der Waals surface area contributed by atoms with E-state index >= 15 is 0 Å². The molecule has 37 heavy (non-hydrogen) atoms. The maximum atomic E-state index is 13.0. The second-order valence-electron chi connectivity index (χ2n) is 7.14. The minimum absolute atomic E-state index is 0.150. The van der Waals surface area contributed by atoms with E-state index in [4.69, 9.17) is 8.83 Å². The van der Waals surface area contributed by atoms with Crippen molar-refractivity contribution in [1.82, 2.24) is 0 Å². The average Bonchev–Trinajstić information content (AvgIpc) is 2.96. The van der Waals surface area contributed by atoms with Gasteiger partial charge >= 0.3 is 11.3 Å². The van der Waals surface area contributed by atoms with Crippen LogP contribution in [-0.2, 0) is 0 Å². The van der Waals surface area contributed by atoms with Crippen molar-refractivity contribution in [3.8, 4) is 11.5 Å². The van der Waals surface area contributed by atoms with Gasteiger partial charge in [0.25, 0.3) is 0 Å². The number of aromatic hydroxyl groups is 2. The van der Waals surface area contributed by atoms with Crippen LogP contribution in [0.15, 0.2) is 97.3 Å². The van der Waals surface area contributed by atoms with E-state index in [1.54, 1.807) is 78.9 Å². The molecule has 2 aromatic heterocycles. The number of para-hydroxylation sites is 2. The lowest BCUT2D eigenvalue weighted by Gasteiger charge is -2.19. The van der Waals surface area contributed by atoms with Crippen LogP contribution in [0.4, 0.5) is 0 Å². The molecule has 194 valence electrons. The quantitative estimate of drug-likeness (QED) is 0.247. The zero-order valence-corrected chi connectivity index (χ0v) is 22.1. The fourth-order valence-electron chi connectivity index (χ4n) is 3.93. The number of benzene rings is 3. The average molecular weight is 503 g/mol. The lowest BCUT2D eigenvalue weighted by atomic mass is 9.84. The Morgan fingerprint density at radius 2 is 0.892 bits per heavy atom. The van der Waals surface area contributed by atoms with E-state index < -0.39 is 17.2 Å².